The lowest BCUT2D eigenvalue weighted by molar-refractivity contribution is -0.150. The summed E-state index contributed by atoms with van der Waals surface area (Å²) in [7, 11) is 0. The van der Waals surface area contributed by atoms with Crippen molar-refractivity contribution in [2.24, 2.45) is 5.92 Å². The minimum atomic E-state index is -0.782. The van der Waals surface area contributed by atoms with E-state index in [4.69, 9.17) is 5.11 Å². The Hall–Kier alpha value is -1.66. The highest BCUT2D eigenvalue weighted by molar-refractivity contribution is 7.09. The predicted molar refractivity (Wildman–Crippen MR) is 77.5 cm³/mol. The zero-order chi connectivity index (χ0) is 14.5. The molecule has 0 radical (unpaired) electrons. The summed E-state index contributed by atoms with van der Waals surface area (Å²) in [6.45, 7) is 5.97. The van der Waals surface area contributed by atoms with Crippen LogP contribution < -0.4 is 0 Å². The molecule has 1 N–H and O–H groups in total. The van der Waals surface area contributed by atoms with E-state index in [1.165, 1.54) is 0 Å². The summed E-state index contributed by atoms with van der Waals surface area (Å²) >= 11 is 1.62. The lowest BCUT2D eigenvalue weighted by Crippen LogP contribution is -2.53. The van der Waals surface area contributed by atoms with Crippen molar-refractivity contribution in [2.75, 3.05) is 26.2 Å². The Labute approximate surface area is 122 Å². The number of hydrogen-bond acceptors (Lipinski definition) is 4. The van der Waals surface area contributed by atoms with Crippen LogP contribution in [0.15, 0.2) is 30.2 Å². The Morgan fingerprint density at radius 1 is 1.55 bits per heavy atom. The third kappa shape index (κ3) is 3.68. The van der Waals surface area contributed by atoms with Gasteiger partial charge in [0.15, 0.2) is 0 Å². The number of carbonyl (C=O) groups excluding carboxylic acids is 1. The van der Waals surface area contributed by atoms with Gasteiger partial charge in [0.2, 0.25) is 5.91 Å². The molecule has 20 heavy (non-hydrogen) atoms. The van der Waals surface area contributed by atoms with E-state index in [0.29, 0.717) is 26.2 Å². The second-order valence-corrected chi connectivity index (χ2v) is 5.90. The van der Waals surface area contributed by atoms with Gasteiger partial charge >= 0.3 is 5.97 Å². The molecule has 1 aromatic rings. The molecule has 1 aliphatic rings. The quantitative estimate of drug-likeness (QED) is 0.770. The molecule has 2 rings (SSSR count). The topological polar surface area (TPSA) is 60.9 Å². The van der Waals surface area contributed by atoms with Gasteiger partial charge in [-0.15, -0.1) is 17.9 Å². The molecule has 1 amide bonds. The summed E-state index contributed by atoms with van der Waals surface area (Å²) < 4.78 is 0. The van der Waals surface area contributed by atoms with Crippen molar-refractivity contribution in [2.45, 2.75) is 6.54 Å². The van der Waals surface area contributed by atoms with Crippen LogP contribution in [-0.4, -0.2) is 53.0 Å². The average Bonchev–Trinajstić information content (AvgIpc) is 2.84. The molecule has 5 nitrogen and oxygen atoms in total. The normalized spacial score (nSPS) is 15.6. The van der Waals surface area contributed by atoms with Crippen LogP contribution in [0.25, 0.3) is 0 Å². The maximum Gasteiger partial charge on any atom is 0.309 e. The Balaban J connectivity index is 1.84. The lowest BCUT2D eigenvalue weighted by atomic mass is 10.0. The molecule has 0 atom stereocenters. The van der Waals surface area contributed by atoms with Gasteiger partial charge in [0, 0.05) is 24.5 Å². The highest BCUT2D eigenvalue weighted by Gasteiger charge is 2.34. The number of nitrogens with zero attached hydrogens (tertiary/aromatic N) is 2. The van der Waals surface area contributed by atoms with Crippen LogP contribution in [0.5, 0.6) is 0 Å². The molecule has 1 aliphatic heterocycles. The van der Waals surface area contributed by atoms with E-state index in [9.17, 15) is 9.59 Å². The van der Waals surface area contributed by atoms with Crippen LogP contribution in [0.4, 0.5) is 0 Å². The van der Waals surface area contributed by atoms with Crippen molar-refractivity contribution in [3.63, 3.8) is 0 Å². The smallest absolute Gasteiger partial charge is 0.309 e. The number of likely N-dealkylation sites (tertiary alicyclic amines) is 1. The number of amides is 1. The molecule has 108 valence electrons. The van der Waals surface area contributed by atoms with Gasteiger partial charge < -0.3 is 10.0 Å². The monoisotopic (exact) mass is 294 g/mol. The fourth-order valence-electron chi connectivity index (χ4n) is 2.15. The van der Waals surface area contributed by atoms with Gasteiger partial charge in [-0.05, 0) is 11.4 Å². The van der Waals surface area contributed by atoms with E-state index in [1.54, 1.807) is 22.3 Å². The van der Waals surface area contributed by atoms with E-state index >= 15 is 0 Å². The molecule has 0 aliphatic carbocycles. The largest absolute Gasteiger partial charge is 0.481 e. The molecule has 0 aromatic carbocycles. The molecule has 0 spiro atoms. The maximum atomic E-state index is 12.2. The molecule has 2 heterocycles. The standard InChI is InChI=1S/C14H18N2O3S/c1-2-5-16(9-12-4-3-6-20-12)13(17)10-15-7-11(8-15)14(18)19/h2-4,6,11H,1,5,7-10H2,(H,18,19). The lowest BCUT2D eigenvalue weighted by Gasteiger charge is -2.37. The maximum absolute atomic E-state index is 12.2. The first kappa shape index (κ1) is 14.7. The van der Waals surface area contributed by atoms with E-state index in [1.807, 2.05) is 22.4 Å². The SMILES string of the molecule is C=CCN(Cc1cccs1)C(=O)CN1CC(C(=O)O)C1. The van der Waals surface area contributed by atoms with Crippen LogP contribution in [0.2, 0.25) is 0 Å². The zero-order valence-electron chi connectivity index (χ0n) is 11.2. The summed E-state index contributed by atoms with van der Waals surface area (Å²) in [4.78, 5) is 27.7. The first-order valence-electron chi connectivity index (χ1n) is 6.46. The third-order valence-electron chi connectivity index (χ3n) is 3.29. The van der Waals surface area contributed by atoms with Crippen molar-refractivity contribution in [1.29, 1.82) is 0 Å². The number of rotatable bonds is 7. The molecule has 0 saturated carbocycles. The number of thiophene rings is 1. The zero-order valence-corrected chi connectivity index (χ0v) is 12.0. The third-order valence-corrected chi connectivity index (χ3v) is 4.16. The Morgan fingerprint density at radius 3 is 2.85 bits per heavy atom. The number of carboxylic acids is 1. The highest BCUT2D eigenvalue weighted by Crippen LogP contribution is 2.17. The second kappa shape index (κ2) is 6.67. The molecule has 1 fully saturated rings. The molecular weight excluding hydrogens is 276 g/mol. The Bertz CT molecular complexity index is 481. The van der Waals surface area contributed by atoms with Gasteiger partial charge in [0.1, 0.15) is 0 Å². The van der Waals surface area contributed by atoms with Gasteiger partial charge in [-0.3, -0.25) is 14.5 Å². The Morgan fingerprint density at radius 2 is 2.30 bits per heavy atom. The van der Waals surface area contributed by atoms with Gasteiger partial charge in [-0.2, -0.15) is 0 Å². The first-order chi connectivity index (χ1) is 9.60. The fraction of sp³-hybridized carbons (Fsp3) is 0.429. The van der Waals surface area contributed by atoms with Crippen molar-refractivity contribution in [1.82, 2.24) is 9.80 Å². The molecule has 0 unspecified atom stereocenters. The van der Waals surface area contributed by atoms with Gasteiger partial charge in [-0.1, -0.05) is 12.1 Å². The van der Waals surface area contributed by atoms with Gasteiger partial charge in [0.05, 0.1) is 19.0 Å². The van der Waals surface area contributed by atoms with Crippen LogP contribution in [0.1, 0.15) is 4.88 Å². The minimum Gasteiger partial charge on any atom is -0.481 e. The number of hydrogen-bond donors (Lipinski definition) is 1. The van der Waals surface area contributed by atoms with Crippen LogP contribution >= 0.6 is 11.3 Å². The average molecular weight is 294 g/mol. The molecule has 1 aromatic heterocycles. The molecule has 6 heteroatoms. The van der Waals surface area contributed by atoms with E-state index < -0.39 is 5.97 Å². The number of aliphatic carboxylic acids is 1. The predicted octanol–water partition coefficient (Wildman–Crippen LogP) is 1.28. The number of carbonyl (C=O) groups is 2. The first-order valence-corrected chi connectivity index (χ1v) is 7.34. The minimum absolute atomic E-state index is 0.0159. The summed E-state index contributed by atoms with van der Waals surface area (Å²) in [6.07, 6.45) is 1.71. The molecule has 0 bridgehead atoms. The van der Waals surface area contributed by atoms with Gasteiger partial charge in [-0.25, -0.2) is 0 Å². The van der Waals surface area contributed by atoms with E-state index in [2.05, 4.69) is 6.58 Å². The molecule has 1 saturated heterocycles. The Kier molecular flexibility index (Phi) is 4.92. The summed E-state index contributed by atoms with van der Waals surface area (Å²) in [5.41, 5.74) is 0. The van der Waals surface area contributed by atoms with Crippen LogP contribution in [-0.2, 0) is 16.1 Å². The van der Waals surface area contributed by atoms with Crippen LogP contribution in [0, 0.1) is 5.92 Å². The number of carboxylic acid groups (broad SMARTS) is 1. The summed E-state index contributed by atoms with van der Waals surface area (Å²) in [5, 5.41) is 10.8. The highest BCUT2D eigenvalue weighted by atomic mass is 32.1. The molecular formula is C14H18N2O3S. The van der Waals surface area contributed by atoms with Crippen molar-refractivity contribution in [3.8, 4) is 0 Å². The van der Waals surface area contributed by atoms with Crippen molar-refractivity contribution < 1.29 is 14.7 Å². The van der Waals surface area contributed by atoms with Crippen molar-refractivity contribution in [3.05, 3.63) is 35.0 Å². The van der Waals surface area contributed by atoms with Crippen molar-refractivity contribution >= 4 is 23.2 Å². The summed E-state index contributed by atoms with van der Waals surface area (Å²) in [5.74, 6) is -1.09. The second-order valence-electron chi connectivity index (χ2n) is 4.87. The van der Waals surface area contributed by atoms with E-state index in [-0.39, 0.29) is 18.4 Å². The van der Waals surface area contributed by atoms with Crippen LogP contribution in [0.3, 0.4) is 0 Å². The fourth-order valence-corrected chi connectivity index (χ4v) is 2.87. The summed E-state index contributed by atoms with van der Waals surface area (Å²) in [6, 6.07) is 3.96. The van der Waals surface area contributed by atoms with Gasteiger partial charge in [0.25, 0.3) is 0 Å². The van der Waals surface area contributed by atoms with E-state index in [0.717, 1.165) is 4.88 Å².